The van der Waals surface area contributed by atoms with Crippen LogP contribution >= 0.6 is 0 Å². The van der Waals surface area contributed by atoms with Crippen LogP contribution in [0.15, 0.2) is 158 Å². The molecule has 0 aliphatic heterocycles. The minimum atomic E-state index is 1.25. The Bertz CT molecular complexity index is 2150. The van der Waals surface area contributed by atoms with Gasteiger partial charge in [-0.2, -0.15) is 0 Å². The van der Waals surface area contributed by atoms with Crippen LogP contribution in [0.3, 0.4) is 0 Å². The van der Waals surface area contributed by atoms with Gasteiger partial charge >= 0.3 is 0 Å². The Morgan fingerprint density at radius 1 is 0.225 bits per heavy atom. The summed E-state index contributed by atoms with van der Waals surface area (Å²) >= 11 is 0. The molecule has 186 valence electrons. The van der Waals surface area contributed by atoms with Crippen LogP contribution in [0, 0.1) is 0 Å². The fourth-order valence-corrected chi connectivity index (χ4v) is 6.31. The highest BCUT2D eigenvalue weighted by Gasteiger charge is 2.17. The van der Waals surface area contributed by atoms with E-state index >= 15 is 0 Å². The zero-order valence-corrected chi connectivity index (χ0v) is 22.0. The van der Waals surface area contributed by atoms with Crippen molar-refractivity contribution in [2.75, 3.05) is 0 Å². The molecule has 8 aromatic rings. The van der Waals surface area contributed by atoms with Gasteiger partial charge in [0.05, 0.1) is 0 Å². The van der Waals surface area contributed by atoms with E-state index in [0.717, 1.165) is 0 Å². The maximum Gasteiger partial charge on any atom is -0.00262 e. The lowest BCUT2D eigenvalue weighted by atomic mass is 9.85. The van der Waals surface area contributed by atoms with Gasteiger partial charge < -0.3 is 0 Å². The third-order valence-corrected chi connectivity index (χ3v) is 8.21. The van der Waals surface area contributed by atoms with Gasteiger partial charge in [0.2, 0.25) is 0 Å². The molecule has 0 atom stereocenters. The topological polar surface area (TPSA) is 0 Å². The SMILES string of the molecule is c1ccc(-c2ccc3cc(-c4c5ccccc5c(-c5ccc6ccccc6c5)c5ccccc45)ccc3c2)cc1. The quantitative estimate of drug-likeness (QED) is 0.209. The highest BCUT2D eigenvalue weighted by Crippen LogP contribution is 2.44. The summed E-state index contributed by atoms with van der Waals surface area (Å²) in [4.78, 5) is 0. The van der Waals surface area contributed by atoms with Gasteiger partial charge in [-0.25, -0.2) is 0 Å². The van der Waals surface area contributed by atoms with E-state index in [0.29, 0.717) is 0 Å². The van der Waals surface area contributed by atoms with Crippen molar-refractivity contribution in [3.8, 4) is 33.4 Å². The number of benzene rings is 8. The fourth-order valence-electron chi connectivity index (χ4n) is 6.31. The molecule has 0 nitrogen and oxygen atoms in total. The van der Waals surface area contributed by atoms with Crippen LogP contribution in [0.25, 0.3) is 76.5 Å². The second kappa shape index (κ2) is 9.22. The van der Waals surface area contributed by atoms with Gasteiger partial charge in [-0.05, 0) is 94.7 Å². The minimum absolute atomic E-state index is 1.25. The third kappa shape index (κ3) is 3.69. The Hall–Kier alpha value is -5.20. The summed E-state index contributed by atoms with van der Waals surface area (Å²) in [6, 6.07) is 57.6. The molecule has 0 N–H and O–H groups in total. The van der Waals surface area contributed by atoms with Crippen molar-refractivity contribution in [2.45, 2.75) is 0 Å². The molecule has 0 aliphatic rings. The zero-order valence-electron chi connectivity index (χ0n) is 22.0. The monoisotopic (exact) mass is 506 g/mol. The molecule has 0 aliphatic carbocycles. The van der Waals surface area contributed by atoms with Gasteiger partial charge in [0.1, 0.15) is 0 Å². The maximum absolute atomic E-state index is 2.36. The van der Waals surface area contributed by atoms with Crippen molar-refractivity contribution < 1.29 is 0 Å². The molecule has 0 unspecified atom stereocenters. The first-order valence-corrected chi connectivity index (χ1v) is 13.9. The minimum Gasteiger partial charge on any atom is -0.0622 e. The van der Waals surface area contributed by atoms with Gasteiger partial charge in [0, 0.05) is 0 Å². The highest BCUT2D eigenvalue weighted by atomic mass is 14.2. The van der Waals surface area contributed by atoms with Gasteiger partial charge in [-0.15, -0.1) is 0 Å². The van der Waals surface area contributed by atoms with E-state index in [-0.39, 0.29) is 0 Å². The number of hydrogen-bond donors (Lipinski definition) is 0. The second-order valence-corrected chi connectivity index (χ2v) is 10.5. The van der Waals surface area contributed by atoms with Crippen LogP contribution in [0.5, 0.6) is 0 Å². The van der Waals surface area contributed by atoms with Crippen molar-refractivity contribution in [1.29, 1.82) is 0 Å². The van der Waals surface area contributed by atoms with Crippen molar-refractivity contribution in [2.24, 2.45) is 0 Å². The van der Waals surface area contributed by atoms with Crippen molar-refractivity contribution in [3.05, 3.63) is 158 Å². The Morgan fingerprint density at radius 3 is 1.15 bits per heavy atom. The van der Waals surface area contributed by atoms with Crippen molar-refractivity contribution >= 4 is 43.1 Å². The maximum atomic E-state index is 2.36. The average Bonchev–Trinajstić information content (AvgIpc) is 3.03. The molecule has 0 saturated carbocycles. The van der Waals surface area contributed by atoms with E-state index in [1.54, 1.807) is 0 Å². The summed E-state index contributed by atoms with van der Waals surface area (Å²) in [5, 5.41) is 10.2. The van der Waals surface area contributed by atoms with Crippen molar-refractivity contribution in [1.82, 2.24) is 0 Å². The van der Waals surface area contributed by atoms with Crippen LogP contribution in [0.4, 0.5) is 0 Å². The fraction of sp³-hybridized carbons (Fsp3) is 0. The first-order valence-electron chi connectivity index (χ1n) is 13.9. The van der Waals surface area contributed by atoms with Crippen LogP contribution in [0.1, 0.15) is 0 Å². The summed E-state index contributed by atoms with van der Waals surface area (Å²) in [5.74, 6) is 0. The largest absolute Gasteiger partial charge is 0.0622 e. The van der Waals surface area contributed by atoms with E-state index in [1.807, 2.05) is 0 Å². The first-order chi connectivity index (χ1) is 19.8. The Kier molecular flexibility index (Phi) is 5.24. The standard InChI is InChI=1S/C40H26/c1-2-10-27(11-3-1)30-19-20-32-26-34(23-21-31(32)24-30)40-37-16-8-6-14-35(37)39(36-15-7-9-17-38(36)40)33-22-18-28-12-4-5-13-29(28)25-33/h1-26H. The molecule has 8 rings (SSSR count). The molecule has 0 saturated heterocycles. The van der Waals surface area contributed by atoms with Gasteiger partial charge in [-0.3, -0.25) is 0 Å². The lowest BCUT2D eigenvalue weighted by Crippen LogP contribution is -1.91. The van der Waals surface area contributed by atoms with E-state index in [4.69, 9.17) is 0 Å². The molecule has 0 fully saturated rings. The summed E-state index contributed by atoms with van der Waals surface area (Å²) in [6.45, 7) is 0. The molecule has 0 radical (unpaired) electrons. The predicted octanol–water partition coefficient (Wildman–Crippen LogP) is 11.3. The van der Waals surface area contributed by atoms with Crippen LogP contribution in [-0.2, 0) is 0 Å². The highest BCUT2D eigenvalue weighted by molar-refractivity contribution is 6.22. The molecule has 8 aromatic carbocycles. The molecule has 0 aromatic heterocycles. The molecule has 0 heteroatoms. The average molecular weight is 507 g/mol. The molecule has 0 amide bonds. The number of hydrogen-bond acceptors (Lipinski definition) is 0. The lowest BCUT2D eigenvalue weighted by molar-refractivity contribution is 1.64. The third-order valence-electron chi connectivity index (χ3n) is 8.21. The van der Waals surface area contributed by atoms with Crippen molar-refractivity contribution in [3.63, 3.8) is 0 Å². The summed E-state index contributed by atoms with van der Waals surface area (Å²) in [5.41, 5.74) is 7.59. The Labute approximate surface area is 233 Å². The van der Waals surface area contributed by atoms with Gasteiger partial charge in [0.25, 0.3) is 0 Å². The number of fused-ring (bicyclic) bond motifs is 4. The second-order valence-electron chi connectivity index (χ2n) is 10.5. The van der Waals surface area contributed by atoms with E-state index in [1.165, 1.54) is 76.5 Å². The van der Waals surface area contributed by atoms with E-state index in [2.05, 4.69) is 158 Å². The Morgan fingerprint density at radius 2 is 0.600 bits per heavy atom. The van der Waals surface area contributed by atoms with Crippen LogP contribution in [-0.4, -0.2) is 0 Å². The first kappa shape index (κ1) is 22.8. The molecule has 40 heavy (non-hydrogen) atoms. The molecule has 0 heterocycles. The van der Waals surface area contributed by atoms with Gasteiger partial charge in [-0.1, -0.05) is 140 Å². The summed E-state index contributed by atoms with van der Waals surface area (Å²) in [6.07, 6.45) is 0. The predicted molar refractivity (Wildman–Crippen MR) is 173 cm³/mol. The summed E-state index contributed by atoms with van der Waals surface area (Å²) < 4.78 is 0. The molecule has 0 spiro atoms. The van der Waals surface area contributed by atoms with Crippen LogP contribution < -0.4 is 0 Å². The van der Waals surface area contributed by atoms with E-state index < -0.39 is 0 Å². The summed E-state index contributed by atoms with van der Waals surface area (Å²) in [7, 11) is 0. The normalized spacial score (nSPS) is 11.5. The zero-order chi connectivity index (χ0) is 26.5. The molecular formula is C40H26. The lowest BCUT2D eigenvalue weighted by Gasteiger charge is -2.18. The van der Waals surface area contributed by atoms with Crippen LogP contribution in [0.2, 0.25) is 0 Å². The molecular weight excluding hydrogens is 480 g/mol. The van der Waals surface area contributed by atoms with E-state index in [9.17, 15) is 0 Å². The number of rotatable bonds is 3. The molecule has 0 bridgehead atoms. The smallest absolute Gasteiger partial charge is 0.00262 e. The van der Waals surface area contributed by atoms with Gasteiger partial charge in [0.15, 0.2) is 0 Å². The Balaban J connectivity index is 1.38.